The van der Waals surface area contributed by atoms with Crippen LogP contribution >= 0.6 is 0 Å². The van der Waals surface area contributed by atoms with Gasteiger partial charge in [-0.05, 0) is 58.3 Å². The molecule has 0 aromatic carbocycles. The topological polar surface area (TPSA) is 6.48 Å². The third-order valence-electron chi connectivity index (χ3n) is 4.86. The summed E-state index contributed by atoms with van der Waals surface area (Å²) in [5, 5.41) is 0. The van der Waals surface area contributed by atoms with Crippen molar-refractivity contribution in [2.75, 3.05) is 26.2 Å². The van der Waals surface area contributed by atoms with E-state index in [1.807, 2.05) is 0 Å². The quantitative estimate of drug-likeness (QED) is 0.525. The summed E-state index contributed by atoms with van der Waals surface area (Å²) in [4.78, 5) is 5.56. The molecule has 3 heteroatoms. The molecule has 0 atom stereocenters. The van der Waals surface area contributed by atoms with Gasteiger partial charge >= 0.3 is 0 Å². The number of likely N-dealkylation sites (tertiary alicyclic amines) is 2. The molecule has 2 saturated heterocycles. The Morgan fingerprint density at radius 3 is 1.95 bits per heavy atom. The minimum absolute atomic E-state index is 0.0940. The molecule has 0 N–H and O–H groups in total. The fraction of sp³-hybridized carbons (Fsp3) is 0.882. The predicted octanol–water partition coefficient (Wildman–Crippen LogP) is 3.19. The molecule has 0 aromatic rings. The van der Waals surface area contributed by atoms with E-state index in [-0.39, 0.29) is 9.52 Å². The van der Waals surface area contributed by atoms with Crippen LogP contribution in [-0.2, 0) is 0 Å². The van der Waals surface area contributed by atoms with Crippen LogP contribution in [0.15, 0.2) is 11.8 Å². The van der Waals surface area contributed by atoms with Gasteiger partial charge in [-0.25, -0.2) is 0 Å². The first-order valence-electron chi connectivity index (χ1n) is 9.05. The predicted molar refractivity (Wildman–Crippen MR) is 92.0 cm³/mol. The van der Waals surface area contributed by atoms with E-state index >= 15 is 0 Å². The smallest absolute Gasteiger partial charge is 0.0657 e. The monoisotopic (exact) mass is 294 g/mol. The summed E-state index contributed by atoms with van der Waals surface area (Å²) in [6.45, 7) is 7.65. The van der Waals surface area contributed by atoms with Crippen LogP contribution in [0.5, 0.6) is 0 Å². The second-order valence-electron chi connectivity index (χ2n) is 6.52. The van der Waals surface area contributed by atoms with Gasteiger partial charge in [0.05, 0.1) is 6.17 Å². The van der Waals surface area contributed by atoms with Crippen molar-refractivity contribution in [1.82, 2.24) is 9.80 Å². The highest BCUT2D eigenvalue weighted by Gasteiger charge is 2.26. The fourth-order valence-electron chi connectivity index (χ4n) is 3.62. The average Bonchev–Trinajstić information content (AvgIpc) is 2.53. The Labute approximate surface area is 128 Å². The van der Waals surface area contributed by atoms with Gasteiger partial charge in [-0.1, -0.05) is 38.3 Å². The second-order valence-corrected chi connectivity index (χ2v) is 8.28. The summed E-state index contributed by atoms with van der Waals surface area (Å²) < 4.78 is 0. The van der Waals surface area contributed by atoms with Crippen LogP contribution in [0.25, 0.3) is 0 Å². The maximum atomic E-state index is 2.78. The third kappa shape index (κ3) is 5.34. The van der Waals surface area contributed by atoms with E-state index in [9.17, 15) is 0 Å². The van der Waals surface area contributed by atoms with Crippen molar-refractivity contribution < 1.29 is 0 Å². The SMILES string of the molecule is CCC[SiH2]C=CCC(N1CCCCC1)N1CCCCC1. The van der Waals surface area contributed by atoms with Crippen LogP contribution in [0, 0.1) is 0 Å². The van der Waals surface area contributed by atoms with Gasteiger partial charge in [-0.3, -0.25) is 9.80 Å². The van der Waals surface area contributed by atoms with Crippen LogP contribution in [0.2, 0.25) is 6.04 Å². The zero-order valence-electron chi connectivity index (χ0n) is 13.5. The van der Waals surface area contributed by atoms with Gasteiger partial charge in [0.2, 0.25) is 0 Å². The Balaban J connectivity index is 1.86. The first-order valence-corrected chi connectivity index (χ1v) is 10.9. The first kappa shape index (κ1) is 16.3. The zero-order chi connectivity index (χ0) is 14.0. The van der Waals surface area contributed by atoms with Crippen molar-refractivity contribution in [2.24, 2.45) is 0 Å². The second kappa shape index (κ2) is 9.75. The van der Waals surface area contributed by atoms with E-state index in [2.05, 4.69) is 28.5 Å². The Hall–Kier alpha value is -0.123. The van der Waals surface area contributed by atoms with Crippen molar-refractivity contribution >= 4 is 9.52 Å². The van der Waals surface area contributed by atoms with Crippen molar-refractivity contribution in [3.63, 3.8) is 0 Å². The lowest BCUT2D eigenvalue weighted by Crippen LogP contribution is -2.51. The lowest BCUT2D eigenvalue weighted by Gasteiger charge is -2.42. The minimum atomic E-state index is 0.0940. The van der Waals surface area contributed by atoms with E-state index in [1.54, 1.807) is 0 Å². The Morgan fingerprint density at radius 2 is 1.45 bits per heavy atom. The third-order valence-corrected chi connectivity index (χ3v) is 6.64. The van der Waals surface area contributed by atoms with Crippen molar-refractivity contribution in [3.05, 3.63) is 11.8 Å². The number of nitrogens with zero attached hydrogens (tertiary/aromatic N) is 2. The van der Waals surface area contributed by atoms with E-state index < -0.39 is 0 Å². The van der Waals surface area contributed by atoms with E-state index in [0.29, 0.717) is 6.17 Å². The minimum Gasteiger partial charge on any atom is -0.288 e. The number of hydrogen-bond acceptors (Lipinski definition) is 2. The van der Waals surface area contributed by atoms with Crippen molar-refractivity contribution in [1.29, 1.82) is 0 Å². The number of hydrogen-bond donors (Lipinski definition) is 0. The highest BCUT2D eigenvalue weighted by atomic mass is 28.2. The van der Waals surface area contributed by atoms with Crippen LogP contribution in [0.4, 0.5) is 0 Å². The molecule has 2 fully saturated rings. The lowest BCUT2D eigenvalue weighted by atomic mass is 10.1. The highest BCUT2D eigenvalue weighted by molar-refractivity contribution is 6.41. The van der Waals surface area contributed by atoms with Gasteiger partial charge in [0.1, 0.15) is 0 Å². The van der Waals surface area contributed by atoms with Gasteiger partial charge in [0.15, 0.2) is 0 Å². The Morgan fingerprint density at radius 1 is 0.900 bits per heavy atom. The molecule has 0 radical (unpaired) electrons. The van der Waals surface area contributed by atoms with E-state index in [1.165, 1.54) is 83.6 Å². The summed E-state index contributed by atoms with van der Waals surface area (Å²) in [7, 11) is 0.0940. The zero-order valence-corrected chi connectivity index (χ0v) is 14.9. The van der Waals surface area contributed by atoms with E-state index in [0.717, 1.165) is 0 Å². The largest absolute Gasteiger partial charge is 0.288 e. The lowest BCUT2D eigenvalue weighted by molar-refractivity contribution is 0.0191. The van der Waals surface area contributed by atoms with Crippen LogP contribution in [-0.4, -0.2) is 51.7 Å². The molecule has 0 spiro atoms. The van der Waals surface area contributed by atoms with Crippen LogP contribution < -0.4 is 0 Å². The maximum Gasteiger partial charge on any atom is 0.0657 e. The van der Waals surface area contributed by atoms with Gasteiger partial charge < -0.3 is 0 Å². The Bertz CT molecular complexity index is 250. The number of rotatable bonds is 7. The summed E-state index contributed by atoms with van der Waals surface area (Å²) in [5.41, 5.74) is 2.56. The summed E-state index contributed by atoms with van der Waals surface area (Å²) in [5.74, 6) is 0. The van der Waals surface area contributed by atoms with Crippen molar-refractivity contribution in [3.8, 4) is 0 Å². The van der Waals surface area contributed by atoms with E-state index in [4.69, 9.17) is 0 Å². The average molecular weight is 295 g/mol. The van der Waals surface area contributed by atoms with Gasteiger partial charge in [-0.2, -0.15) is 0 Å². The molecule has 2 rings (SSSR count). The Kier molecular flexibility index (Phi) is 7.92. The molecule has 2 heterocycles. The molecule has 2 aliphatic heterocycles. The van der Waals surface area contributed by atoms with Crippen LogP contribution in [0.1, 0.15) is 58.3 Å². The molecule has 0 bridgehead atoms. The molecule has 0 aromatic heterocycles. The molecule has 0 unspecified atom stereocenters. The van der Waals surface area contributed by atoms with Crippen LogP contribution in [0.3, 0.4) is 0 Å². The molecular weight excluding hydrogens is 260 g/mol. The normalized spacial score (nSPS) is 23.5. The molecule has 2 aliphatic rings. The molecule has 0 saturated carbocycles. The molecule has 116 valence electrons. The summed E-state index contributed by atoms with van der Waals surface area (Å²) in [6.07, 6.45) is 14.4. The van der Waals surface area contributed by atoms with Gasteiger partial charge in [0, 0.05) is 9.52 Å². The molecule has 2 nitrogen and oxygen atoms in total. The summed E-state index contributed by atoms with van der Waals surface area (Å²) in [6, 6.07) is 1.48. The van der Waals surface area contributed by atoms with Crippen molar-refractivity contribution in [2.45, 2.75) is 70.5 Å². The fourth-order valence-corrected chi connectivity index (χ4v) is 4.69. The molecular formula is C17H34N2Si. The maximum absolute atomic E-state index is 2.78. The van der Waals surface area contributed by atoms with Gasteiger partial charge in [0.25, 0.3) is 0 Å². The summed E-state index contributed by atoms with van der Waals surface area (Å²) >= 11 is 0. The number of piperidine rings is 2. The molecule has 20 heavy (non-hydrogen) atoms. The molecule has 0 amide bonds. The van der Waals surface area contributed by atoms with Gasteiger partial charge in [-0.15, -0.1) is 5.70 Å². The highest BCUT2D eigenvalue weighted by Crippen LogP contribution is 2.21. The standard InChI is InChI=1S/C17H34N2Si/c1-2-15-20-16-9-10-17(18-11-5-3-6-12-18)19-13-7-4-8-14-19/h9,16-17H,2-8,10-15,20H2,1H3. The first-order chi connectivity index (χ1) is 9.92. The molecule has 0 aliphatic carbocycles.